The number of nitrogens with one attached hydrogen (secondary N) is 2. The van der Waals surface area contributed by atoms with Crippen molar-refractivity contribution < 1.29 is 0 Å². The maximum Gasteiger partial charge on any atom is 0.274 e. The lowest BCUT2D eigenvalue weighted by atomic mass is 10.2. The van der Waals surface area contributed by atoms with Crippen molar-refractivity contribution in [2.24, 2.45) is 5.73 Å². The van der Waals surface area contributed by atoms with Crippen LogP contribution >= 0.6 is 11.3 Å². The first-order chi connectivity index (χ1) is 12.2. The average molecular weight is 352 g/mol. The van der Waals surface area contributed by atoms with E-state index >= 15 is 0 Å². The Kier molecular flexibility index (Phi) is 4.04. The summed E-state index contributed by atoms with van der Waals surface area (Å²) >= 11 is 1.55. The summed E-state index contributed by atoms with van der Waals surface area (Å²) in [6.07, 6.45) is 0. The van der Waals surface area contributed by atoms with E-state index < -0.39 is 0 Å². The van der Waals surface area contributed by atoms with Gasteiger partial charge in [-0.25, -0.2) is 4.98 Å². The zero-order valence-electron chi connectivity index (χ0n) is 13.3. The Morgan fingerprint density at radius 3 is 2.76 bits per heavy atom. The second-order valence-electron chi connectivity index (χ2n) is 5.53. The third kappa shape index (κ3) is 3.17. The summed E-state index contributed by atoms with van der Waals surface area (Å²) in [7, 11) is 0. The maximum absolute atomic E-state index is 12.3. The fraction of sp³-hybridized carbons (Fsp3) is 0.118. The molecule has 4 aromatic rings. The highest BCUT2D eigenvalue weighted by Crippen LogP contribution is 2.20. The summed E-state index contributed by atoms with van der Waals surface area (Å²) in [4.78, 5) is 22.1. The van der Waals surface area contributed by atoms with Crippen molar-refractivity contribution in [2.45, 2.75) is 13.1 Å². The van der Waals surface area contributed by atoms with Crippen LogP contribution < -0.4 is 16.6 Å². The van der Waals surface area contributed by atoms with Gasteiger partial charge in [0.2, 0.25) is 0 Å². The van der Waals surface area contributed by atoms with E-state index in [0.29, 0.717) is 30.4 Å². The molecule has 0 fully saturated rings. The largest absolute Gasteiger partial charge is 0.379 e. The van der Waals surface area contributed by atoms with Crippen molar-refractivity contribution in [1.82, 2.24) is 19.6 Å². The molecule has 1 aromatic carbocycles. The summed E-state index contributed by atoms with van der Waals surface area (Å²) in [6.45, 7) is 0.954. The van der Waals surface area contributed by atoms with E-state index in [-0.39, 0.29) is 5.56 Å². The topological polar surface area (TPSA) is 101 Å². The molecule has 4 rings (SSSR count). The fourth-order valence-corrected chi connectivity index (χ4v) is 3.16. The second-order valence-corrected chi connectivity index (χ2v) is 6.47. The number of anilines is 1. The minimum atomic E-state index is -0.185. The number of nitrogens with two attached hydrogens (primary N) is 1. The van der Waals surface area contributed by atoms with Crippen molar-refractivity contribution in [1.29, 1.82) is 0 Å². The van der Waals surface area contributed by atoms with Gasteiger partial charge in [-0.05, 0) is 29.1 Å². The third-order valence-electron chi connectivity index (χ3n) is 3.80. The van der Waals surface area contributed by atoms with Gasteiger partial charge in [0.05, 0.1) is 17.1 Å². The molecule has 3 aromatic heterocycles. The monoisotopic (exact) mass is 352 g/mol. The number of nitrogens with zero attached hydrogens (tertiary/aromatic N) is 3. The van der Waals surface area contributed by atoms with Crippen LogP contribution in [0.5, 0.6) is 0 Å². The SMILES string of the molecule is NCc1ccc(NCc2cc(=O)n3[nH]c(-c4cccs4)nc3n2)cc1. The average Bonchev–Trinajstić information content (AvgIpc) is 3.30. The number of aromatic amines is 1. The van der Waals surface area contributed by atoms with Crippen LogP contribution in [0.1, 0.15) is 11.3 Å². The smallest absolute Gasteiger partial charge is 0.274 e. The van der Waals surface area contributed by atoms with Crippen LogP contribution in [0.2, 0.25) is 0 Å². The molecule has 0 saturated heterocycles. The van der Waals surface area contributed by atoms with Crippen molar-refractivity contribution in [3.05, 3.63) is 69.5 Å². The number of fused-ring (bicyclic) bond motifs is 1. The van der Waals surface area contributed by atoms with Crippen LogP contribution in [0.4, 0.5) is 5.69 Å². The lowest BCUT2D eigenvalue weighted by Gasteiger charge is -2.06. The summed E-state index contributed by atoms with van der Waals surface area (Å²) < 4.78 is 1.36. The molecule has 0 aliphatic carbocycles. The Balaban J connectivity index is 1.58. The quantitative estimate of drug-likeness (QED) is 0.511. The number of benzene rings is 1. The standard InChI is InChI=1S/C17H16N6OS/c18-9-11-3-5-12(6-4-11)19-10-13-8-15(24)23-17(20-13)21-16(22-23)14-2-1-7-25-14/h1-8,19H,9-10,18H2,(H,20,21,22). The van der Waals surface area contributed by atoms with Gasteiger partial charge < -0.3 is 11.1 Å². The first-order valence-corrected chi connectivity index (χ1v) is 8.66. The van der Waals surface area contributed by atoms with Gasteiger partial charge in [0.15, 0.2) is 5.82 Å². The minimum absolute atomic E-state index is 0.185. The van der Waals surface area contributed by atoms with Gasteiger partial charge in [-0.3, -0.25) is 9.89 Å². The molecule has 0 bridgehead atoms. The second kappa shape index (κ2) is 6.50. The number of rotatable bonds is 5. The van der Waals surface area contributed by atoms with E-state index in [1.807, 2.05) is 41.8 Å². The van der Waals surface area contributed by atoms with Gasteiger partial charge in [-0.1, -0.05) is 18.2 Å². The zero-order valence-corrected chi connectivity index (χ0v) is 14.1. The molecule has 0 radical (unpaired) electrons. The Morgan fingerprint density at radius 2 is 2.04 bits per heavy atom. The number of H-pyrrole nitrogens is 1. The molecule has 3 heterocycles. The van der Waals surface area contributed by atoms with E-state index in [1.165, 1.54) is 10.6 Å². The van der Waals surface area contributed by atoms with Gasteiger partial charge in [-0.15, -0.1) is 11.3 Å². The first kappa shape index (κ1) is 15.6. The third-order valence-corrected chi connectivity index (χ3v) is 4.68. The molecule has 0 saturated carbocycles. The molecule has 4 N–H and O–H groups in total. The molecule has 126 valence electrons. The van der Waals surface area contributed by atoms with Gasteiger partial charge >= 0.3 is 0 Å². The molecule has 25 heavy (non-hydrogen) atoms. The Hall–Kier alpha value is -2.97. The predicted octanol–water partition coefficient (Wildman–Crippen LogP) is 2.22. The summed E-state index contributed by atoms with van der Waals surface area (Å²) in [5.74, 6) is 1.01. The normalized spacial score (nSPS) is 11.1. The van der Waals surface area contributed by atoms with Gasteiger partial charge in [-0.2, -0.15) is 9.50 Å². The van der Waals surface area contributed by atoms with Gasteiger partial charge in [0.25, 0.3) is 11.3 Å². The van der Waals surface area contributed by atoms with Crippen LogP contribution in [0.15, 0.2) is 52.6 Å². The molecule has 0 aliphatic heterocycles. The van der Waals surface area contributed by atoms with Crippen LogP contribution in [0.3, 0.4) is 0 Å². The van der Waals surface area contributed by atoms with E-state index in [0.717, 1.165) is 16.1 Å². The Bertz CT molecular complexity index is 1050. The molecule has 0 spiro atoms. The van der Waals surface area contributed by atoms with E-state index in [9.17, 15) is 4.79 Å². The molecular formula is C17H16N6OS. The zero-order chi connectivity index (χ0) is 17.2. The lowest BCUT2D eigenvalue weighted by Crippen LogP contribution is -2.17. The first-order valence-electron chi connectivity index (χ1n) is 7.78. The summed E-state index contributed by atoms with van der Waals surface area (Å²) in [5.41, 5.74) is 8.06. The highest BCUT2D eigenvalue weighted by molar-refractivity contribution is 7.13. The molecule has 0 aliphatic rings. The van der Waals surface area contributed by atoms with Crippen molar-refractivity contribution in [3.63, 3.8) is 0 Å². The number of hydrogen-bond donors (Lipinski definition) is 3. The number of aromatic nitrogens is 4. The Morgan fingerprint density at radius 1 is 1.20 bits per heavy atom. The lowest BCUT2D eigenvalue weighted by molar-refractivity contribution is 0.879. The molecule has 0 atom stereocenters. The molecule has 0 amide bonds. The molecule has 8 heteroatoms. The van der Waals surface area contributed by atoms with Crippen molar-refractivity contribution in [3.8, 4) is 10.7 Å². The van der Waals surface area contributed by atoms with E-state index in [2.05, 4.69) is 20.4 Å². The van der Waals surface area contributed by atoms with Gasteiger partial charge in [0, 0.05) is 18.3 Å². The summed E-state index contributed by atoms with van der Waals surface area (Å²) in [6, 6.07) is 13.2. The molecular weight excluding hydrogens is 336 g/mol. The highest BCUT2D eigenvalue weighted by Gasteiger charge is 2.10. The van der Waals surface area contributed by atoms with E-state index in [1.54, 1.807) is 11.3 Å². The summed E-state index contributed by atoms with van der Waals surface area (Å²) in [5, 5.41) is 8.20. The predicted molar refractivity (Wildman–Crippen MR) is 98.6 cm³/mol. The van der Waals surface area contributed by atoms with Crippen LogP contribution in [0.25, 0.3) is 16.5 Å². The van der Waals surface area contributed by atoms with E-state index in [4.69, 9.17) is 5.73 Å². The number of thiophene rings is 1. The maximum atomic E-state index is 12.3. The fourth-order valence-electron chi connectivity index (χ4n) is 2.49. The number of hydrogen-bond acceptors (Lipinski definition) is 6. The van der Waals surface area contributed by atoms with Crippen LogP contribution in [-0.2, 0) is 13.1 Å². The van der Waals surface area contributed by atoms with Crippen LogP contribution in [0, 0.1) is 0 Å². The Labute approximate surface area is 147 Å². The molecule has 0 unspecified atom stereocenters. The molecule has 7 nitrogen and oxygen atoms in total. The highest BCUT2D eigenvalue weighted by atomic mass is 32.1. The minimum Gasteiger partial charge on any atom is -0.379 e. The van der Waals surface area contributed by atoms with Crippen molar-refractivity contribution >= 4 is 22.8 Å². The van der Waals surface area contributed by atoms with Crippen LogP contribution in [-0.4, -0.2) is 19.6 Å². The van der Waals surface area contributed by atoms with Crippen molar-refractivity contribution in [2.75, 3.05) is 5.32 Å². The van der Waals surface area contributed by atoms with Gasteiger partial charge in [0.1, 0.15) is 0 Å².